The summed E-state index contributed by atoms with van der Waals surface area (Å²) < 4.78 is 0. The Bertz CT molecular complexity index is 761. The number of anilines is 1. The number of carbonyl (C=O) groups excluding carboxylic acids is 1. The van der Waals surface area contributed by atoms with E-state index in [-0.39, 0.29) is 18.0 Å². The van der Waals surface area contributed by atoms with E-state index in [9.17, 15) is 4.79 Å². The number of hydrogen-bond donors (Lipinski definition) is 1. The molecule has 0 bridgehead atoms. The van der Waals surface area contributed by atoms with Gasteiger partial charge in [-0.3, -0.25) is 9.69 Å². The molecule has 1 N–H and O–H groups in total. The molecule has 2 atom stereocenters. The minimum absolute atomic E-state index is 0.123. The van der Waals surface area contributed by atoms with Crippen molar-refractivity contribution in [3.63, 3.8) is 0 Å². The maximum absolute atomic E-state index is 12.8. The van der Waals surface area contributed by atoms with Crippen molar-refractivity contribution in [1.29, 1.82) is 0 Å². The largest absolute Gasteiger partial charge is 0.359 e. The smallest absolute Gasteiger partial charge is 0.242 e. The zero-order valence-corrected chi connectivity index (χ0v) is 15.4. The minimum atomic E-state index is -0.123. The number of carbonyl (C=O) groups is 1. The number of fused-ring (bicyclic) bond motifs is 1. The molecule has 4 heteroatoms. The van der Waals surface area contributed by atoms with Crippen LogP contribution < -0.4 is 10.2 Å². The molecule has 2 aromatic rings. The maximum Gasteiger partial charge on any atom is 0.242 e. The van der Waals surface area contributed by atoms with Crippen LogP contribution in [0.15, 0.2) is 54.6 Å². The molecule has 2 aromatic carbocycles. The highest BCUT2D eigenvalue weighted by Crippen LogP contribution is 2.29. The lowest BCUT2D eigenvalue weighted by molar-refractivity contribution is -0.122. The summed E-state index contributed by atoms with van der Waals surface area (Å²) in [6.07, 6.45) is 2.06. The fraction of sp³-hybridized carbons (Fsp3) is 0.409. The average Bonchev–Trinajstić information content (AvgIpc) is 3.29. The number of benzene rings is 2. The van der Waals surface area contributed by atoms with Crippen molar-refractivity contribution in [3.05, 3.63) is 65.7 Å². The van der Waals surface area contributed by atoms with E-state index in [0.29, 0.717) is 0 Å². The van der Waals surface area contributed by atoms with E-state index < -0.39 is 0 Å². The number of hydrogen-bond acceptors (Lipinski definition) is 3. The molecule has 1 fully saturated rings. The lowest BCUT2D eigenvalue weighted by Crippen LogP contribution is -2.48. The van der Waals surface area contributed by atoms with Gasteiger partial charge >= 0.3 is 0 Å². The van der Waals surface area contributed by atoms with Crippen LogP contribution in [0.3, 0.4) is 0 Å². The van der Waals surface area contributed by atoms with Gasteiger partial charge in [0.05, 0.1) is 0 Å². The molecular formula is C22H27N3O. The fourth-order valence-electron chi connectivity index (χ4n) is 4.17. The van der Waals surface area contributed by atoms with E-state index in [1.807, 2.05) is 6.92 Å². The first-order chi connectivity index (χ1) is 12.7. The van der Waals surface area contributed by atoms with Crippen molar-refractivity contribution in [2.45, 2.75) is 38.4 Å². The van der Waals surface area contributed by atoms with Crippen LogP contribution in [0.25, 0.3) is 0 Å². The SMILES string of the molecule is C[C@H](C(=O)N[C@@H]1CCN(Cc2ccccc2)C1)N1CCc2ccccc21. The van der Waals surface area contributed by atoms with E-state index in [4.69, 9.17) is 0 Å². The fourth-order valence-corrected chi connectivity index (χ4v) is 4.17. The van der Waals surface area contributed by atoms with Gasteiger partial charge in [-0.25, -0.2) is 0 Å². The summed E-state index contributed by atoms with van der Waals surface area (Å²) in [5.41, 5.74) is 3.90. The summed E-state index contributed by atoms with van der Waals surface area (Å²) >= 11 is 0. The molecule has 0 aliphatic carbocycles. The van der Waals surface area contributed by atoms with E-state index in [1.165, 1.54) is 16.8 Å². The van der Waals surface area contributed by atoms with Crippen molar-refractivity contribution in [2.24, 2.45) is 0 Å². The summed E-state index contributed by atoms with van der Waals surface area (Å²) in [6, 6.07) is 19.1. The standard InChI is InChI=1S/C22H27N3O/c1-17(25-14-11-19-9-5-6-10-21(19)25)22(26)23-20-12-13-24(16-20)15-18-7-3-2-4-8-18/h2-10,17,20H,11-16H2,1H3,(H,23,26)/t17-,20-/m1/s1. The van der Waals surface area contributed by atoms with Gasteiger partial charge in [-0.05, 0) is 37.0 Å². The number of rotatable bonds is 5. The van der Waals surface area contributed by atoms with Gasteiger partial charge in [-0.2, -0.15) is 0 Å². The van der Waals surface area contributed by atoms with Crippen LogP contribution in [0.1, 0.15) is 24.5 Å². The lowest BCUT2D eigenvalue weighted by Gasteiger charge is -2.27. The minimum Gasteiger partial charge on any atom is -0.359 e. The highest BCUT2D eigenvalue weighted by molar-refractivity contribution is 5.86. The van der Waals surface area contributed by atoms with Gasteiger partial charge in [0.2, 0.25) is 5.91 Å². The van der Waals surface area contributed by atoms with Crippen LogP contribution in [-0.2, 0) is 17.8 Å². The monoisotopic (exact) mass is 349 g/mol. The summed E-state index contributed by atoms with van der Waals surface area (Å²) in [6.45, 7) is 5.89. The zero-order valence-electron chi connectivity index (χ0n) is 15.4. The molecule has 4 nitrogen and oxygen atoms in total. The van der Waals surface area contributed by atoms with Crippen LogP contribution in [0, 0.1) is 0 Å². The molecule has 0 aromatic heterocycles. The zero-order chi connectivity index (χ0) is 17.9. The lowest BCUT2D eigenvalue weighted by atomic mass is 10.1. The Morgan fingerprint density at radius 3 is 2.73 bits per heavy atom. The second-order valence-corrected chi connectivity index (χ2v) is 7.46. The maximum atomic E-state index is 12.8. The Kier molecular flexibility index (Phi) is 4.93. The van der Waals surface area contributed by atoms with Crippen molar-refractivity contribution < 1.29 is 4.79 Å². The van der Waals surface area contributed by atoms with Gasteiger partial charge in [-0.15, -0.1) is 0 Å². The Morgan fingerprint density at radius 2 is 1.88 bits per heavy atom. The molecule has 2 aliphatic heterocycles. The van der Waals surface area contributed by atoms with Crippen molar-refractivity contribution in [1.82, 2.24) is 10.2 Å². The van der Waals surface area contributed by atoms with Gasteiger partial charge < -0.3 is 10.2 Å². The van der Waals surface area contributed by atoms with Gasteiger partial charge in [0.25, 0.3) is 0 Å². The van der Waals surface area contributed by atoms with E-state index >= 15 is 0 Å². The van der Waals surface area contributed by atoms with Crippen molar-refractivity contribution >= 4 is 11.6 Å². The number of para-hydroxylation sites is 1. The molecule has 2 heterocycles. The molecule has 0 unspecified atom stereocenters. The quantitative estimate of drug-likeness (QED) is 0.902. The second kappa shape index (κ2) is 7.50. The Morgan fingerprint density at radius 1 is 1.12 bits per heavy atom. The Balaban J connectivity index is 1.31. The average molecular weight is 349 g/mol. The molecule has 1 saturated heterocycles. The molecular weight excluding hydrogens is 322 g/mol. The summed E-state index contributed by atoms with van der Waals surface area (Å²) in [7, 11) is 0. The van der Waals surface area contributed by atoms with Crippen molar-refractivity contribution in [3.8, 4) is 0 Å². The molecule has 4 rings (SSSR count). The second-order valence-electron chi connectivity index (χ2n) is 7.46. The number of nitrogens with zero attached hydrogens (tertiary/aromatic N) is 2. The first-order valence-corrected chi connectivity index (χ1v) is 9.62. The third-order valence-corrected chi connectivity index (χ3v) is 5.64. The molecule has 0 saturated carbocycles. The Hall–Kier alpha value is -2.33. The molecule has 2 aliphatic rings. The first kappa shape index (κ1) is 17.1. The number of amides is 1. The summed E-state index contributed by atoms with van der Waals surface area (Å²) in [5, 5.41) is 3.28. The third-order valence-electron chi connectivity index (χ3n) is 5.64. The van der Waals surface area contributed by atoms with Crippen LogP contribution in [0.5, 0.6) is 0 Å². The van der Waals surface area contributed by atoms with E-state index in [2.05, 4.69) is 69.7 Å². The molecule has 0 spiro atoms. The molecule has 1 amide bonds. The van der Waals surface area contributed by atoms with Crippen LogP contribution >= 0.6 is 0 Å². The van der Waals surface area contributed by atoms with Gasteiger partial charge in [0.15, 0.2) is 0 Å². The predicted molar refractivity (Wildman–Crippen MR) is 105 cm³/mol. The molecule has 136 valence electrons. The Labute approximate surface area is 155 Å². The highest BCUT2D eigenvalue weighted by atomic mass is 16.2. The normalized spacial score (nSPS) is 20.8. The van der Waals surface area contributed by atoms with E-state index in [0.717, 1.165) is 39.0 Å². The van der Waals surface area contributed by atoms with Gasteiger partial charge in [-0.1, -0.05) is 48.5 Å². The summed E-state index contributed by atoms with van der Waals surface area (Å²) in [5.74, 6) is 0.147. The first-order valence-electron chi connectivity index (χ1n) is 9.62. The molecule has 26 heavy (non-hydrogen) atoms. The van der Waals surface area contributed by atoms with Crippen molar-refractivity contribution in [2.75, 3.05) is 24.5 Å². The van der Waals surface area contributed by atoms with Gasteiger partial charge in [0, 0.05) is 37.9 Å². The van der Waals surface area contributed by atoms with E-state index in [1.54, 1.807) is 0 Å². The van der Waals surface area contributed by atoms with Crippen LogP contribution in [-0.4, -0.2) is 42.5 Å². The number of nitrogens with one attached hydrogen (secondary N) is 1. The van der Waals surface area contributed by atoms with Gasteiger partial charge in [0.1, 0.15) is 6.04 Å². The van der Waals surface area contributed by atoms with Crippen LogP contribution in [0.2, 0.25) is 0 Å². The molecule has 0 radical (unpaired) electrons. The third kappa shape index (κ3) is 3.61. The highest BCUT2D eigenvalue weighted by Gasteiger charge is 2.30. The predicted octanol–water partition coefficient (Wildman–Crippen LogP) is 2.83. The van der Waals surface area contributed by atoms with Crippen LogP contribution in [0.4, 0.5) is 5.69 Å². The topological polar surface area (TPSA) is 35.6 Å². The summed E-state index contributed by atoms with van der Waals surface area (Å²) in [4.78, 5) is 17.5. The number of likely N-dealkylation sites (tertiary alicyclic amines) is 1.